The maximum atomic E-state index is 12.4. The van der Waals surface area contributed by atoms with Crippen molar-refractivity contribution in [1.29, 1.82) is 0 Å². The number of aliphatic hydroxyl groups is 1. The Hall–Kier alpha value is -0.610. The van der Waals surface area contributed by atoms with Crippen LogP contribution in [0.1, 0.15) is 51.9 Å². The third-order valence-corrected chi connectivity index (χ3v) is 4.54. The van der Waals surface area contributed by atoms with Crippen molar-refractivity contribution in [2.45, 2.75) is 57.5 Å². The lowest BCUT2D eigenvalue weighted by atomic mass is 9.75. The molecule has 1 saturated heterocycles. The van der Waals surface area contributed by atoms with Crippen LogP contribution in [0.2, 0.25) is 0 Å². The second-order valence-corrected chi connectivity index (χ2v) is 6.07. The highest BCUT2D eigenvalue weighted by molar-refractivity contribution is 5.83. The molecule has 1 unspecified atom stereocenters. The van der Waals surface area contributed by atoms with Crippen LogP contribution in [0.15, 0.2) is 0 Å². The predicted octanol–water partition coefficient (Wildman–Crippen LogP) is 1.19. The van der Waals surface area contributed by atoms with E-state index in [9.17, 15) is 9.90 Å². The lowest BCUT2D eigenvalue weighted by Crippen LogP contribution is -2.55. The van der Waals surface area contributed by atoms with Crippen LogP contribution in [0.5, 0.6) is 0 Å². The van der Waals surface area contributed by atoms with E-state index < -0.39 is 5.60 Å². The van der Waals surface area contributed by atoms with E-state index >= 15 is 0 Å². The monoisotopic (exact) mass is 254 g/mol. The van der Waals surface area contributed by atoms with Crippen molar-refractivity contribution in [1.82, 2.24) is 10.6 Å². The van der Waals surface area contributed by atoms with E-state index in [1.165, 1.54) is 0 Å². The number of hydrogen-bond donors (Lipinski definition) is 3. The summed E-state index contributed by atoms with van der Waals surface area (Å²) in [5.74, 6) is 0.136. The Morgan fingerprint density at radius 1 is 1.33 bits per heavy atom. The molecule has 0 spiro atoms. The summed E-state index contributed by atoms with van der Waals surface area (Å²) in [7, 11) is 0. The van der Waals surface area contributed by atoms with Gasteiger partial charge in [-0.3, -0.25) is 4.79 Å². The summed E-state index contributed by atoms with van der Waals surface area (Å²) in [6.07, 6.45) is 6.73. The molecular weight excluding hydrogens is 228 g/mol. The number of carbonyl (C=O) groups excluding carboxylic acids is 1. The topological polar surface area (TPSA) is 61.4 Å². The van der Waals surface area contributed by atoms with Crippen LogP contribution in [0.3, 0.4) is 0 Å². The van der Waals surface area contributed by atoms with Crippen molar-refractivity contribution in [3.8, 4) is 0 Å². The summed E-state index contributed by atoms with van der Waals surface area (Å²) >= 11 is 0. The number of piperidine rings is 1. The molecule has 0 aromatic heterocycles. The zero-order chi connectivity index (χ0) is 13.1. The van der Waals surface area contributed by atoms with Crippen LogP contribution in [0, 0.1) is 5.41 Å². The lowest BCUT2D eigenvalue weighted by molar-refractivity contribution is -0.135. The largest absolute Gasteiger partial charge is 0.388 e. The molecular formula is C14H26N2O2. The van der Waals surface area contributed by atoms with Crippen LogP contribution in [-0.2, 0) is 4.79 Å². The van der Waals surface area contributed by atoms with Crippen molar-refractivity contribution < 1.29 is 9.90 Å². The molecule has 2 aliphatic rings. The highest BCUT2D eigenvalue weighted by Gasteiger charge is 2.41. The van der Waals surface area contributed by atoms with Crippen molar-refractivity contribution in [2.75, 3.05) is 19.6 Å². The Labute approximate surface area is 110 Å². The number of rotatable bonds is 5. The summed E-state index contributed by atoms with van der Waals surface area (Å²) in [5, 5.41) is 16.4. The number of hydrogen-bond acceptors (Lipinski definition) is 3. The normalized spacial score (nSPS) is 30.6. The molecule has 2 rings (SSSR count). The molecule has 1 saturated carbocycles. The van der Waals surface area contributed by atoms with E-state index in [1.54, 1.807) is 0 Å². The minimum atomic E-state index is -0.620. The van der Waals surface area contributed by atoms with Gasteiger partial charge in [-0.15, -0.1) is 0 Å². The summed E-state index contributed by atoms with van der Waals surface area (Å²) in [5.41, 5.74) is -0.863. The molecule has 4 nitrogen and oxygen atoms in total. The average Bonchev–Trinajstić information content (AvgIpc) is 2.35. The number of nitrogens with one attached hydrogen (secondary N) is 2. The molecule has 1 heterocycles. The fourth-order valence-corrected chi connectivity index (χ4v) is 3.16. The van der Waals surface area contributed by atoms with Gasteiger partial charge in [-0.05, 0) is 45.1 Å². The van der Waals surface area contributed by atoms with Gasteiger partial charge in [0.2, 0.25) is 5.91 Å². The van der Waals surface area contributed by atoms with Gasteiger partial charge in [0.15, 0.2) is 0 Å². The molecule has 1 aliphatic heterocycles. The van der Waals surface area contributed by atoms with E-state index in [0.29, 0.717) is 6.54 Å². The van der Waals surface area contributed by atoms with Crippen LogP contribution in [0.4, 0.5) is 0 Å². The molecule has 18 heavy (non-hydrogen) atoms. The van der Waals surface area contributed by atoms with Crippen molar-refractivity contribution in [3.05, 3.63) is 0 Å². The first-order valence-corrected chi connectivity index (χ1v) is 7.32. The molecule has 104 valence electrons. The SMILES string of the molecule is CCCC1(C(=O)NCC2(O)CCC2)CCCNC1. The van der Waals surface area contributed by atoms with Gasteiger partial charge in [0.25, 0.3) is 0 Å². The van der Waals surface area contributed by atoms with Crippen LogP contribution < -0.4 is 10.6 Å². The predicted molar refractivity (Wildman–Crippen MR) is 71.3 cm³/mol. The molecule has 1 aliphatic carbocycles. The number of amides is 1. The minimum Gasteiger partial charge on any atom is -0.388 e. The van der Waals surface area contributed by atoms with Crippen LogP contribution in [-0.4, -0.2) is 36.2 Å². The van der Waals surface area contributed by atoms with Crippen molar-refractivity contribution >= 4 is 5.91 Å². The molecule has 1 amide bonds. The van der Waals surface area contributed by atoms with Gasteiger partial charge in [0.1, 0.15) is 0 Å². The fraction of sp³-hybridized carbons (Fsp3) is 0.929. The Kier molecular flexibility index (Phi) is 4.28. The minimum absolute atomic E-state index is 0.136. The Balaban J connectivity index is 1.90. The van der Waals surface area contributed by atoms with Gasteiger partial charge in [0.05, 0.1) is 11.0 Å². The summed E-state index contributed by atoms with van der Waals surface area (Å²) in [4.78, 5) is 12.4. The van der Waals surface area contributed by atoms with Gasteiger partial charge < -0.3 is 15.7 Å². The first kappa shape index (κ1) is 13.8. The highest BCUT2D eigenvalue weighted by atomic mass is 16.3. The Morgan fingerprint density at radius 3 is 2.61 bits per heavy atom. The second-order valence-electron chi connectivity index (χ2n) is 6.07. The Bertz CT molecular complexity index is 289. The van der Waals surface area contributed by atoms with E-state index in [1.807, 2.05) is 0 Å². The van der Waals surface area contributed by atoms with Crippen LogP contribution >= 0.6 is 0 Å². The number of carbonyl (C=O) groups is 1. The summed E-state index contributed by atoms with van der Waals surface area (Å²) in [6, 6.07) is 0. The quantitative estimate of drug-likeness (QED) is 0.690. The molecule has 0 bridgehead atoms. The van der Waals surface area contributed by atoms with E-state index in [4.69, 9.17) is 0 Å². The van der Waals surface area contributed by atoms with Gasteiger partial charge in [-0.1, -0.05) is 13.3 Å². The third-order valence-electron chi connectivity index (χ3n) is 4.54. The van der Waals surface area contributed by atoms with Gasteiger partial charge in [-0.2, -0.15) is 0 Å². The zero-order valence-electron chi connectivity index (χ0n) is 11.4. The molecule has 4 heteroatoms. The Morgan fingerprint density at radius 2 is 2.11 bits per heavy atom. The smallest absolute Gasteiger partial charge is 0.227 e. The lowest BCUT2D eigenvalue weighted by Gasteiger charge is -2.40. The van der Waals surface area contributed by atoms with E-state index in [2.05, 4.69) is 17.6 Å². The molecule has 0 aromatic rings. The first-order valence-electron chi connectivity index (χ1n) is 7.32. The zero-order valence-corrected chi connectivity index (χ0v) is 11.4. The molecule has 1 atom stereocenters. The standard InChI is InChI=1S/C14H26N2O2/c1-2-5-13(6-4-9-15-10-13)12(17)16-11-14(18)7-3-8-14/h15,18H,2-11H2,1H3,(H,16,17). The molecule has 0 radical (unpaired) electrons. The van der Waals surface area contributed by atoms with Crippen LogP contribution in [0.25, 0.3) is 0 Å². The van der Waals surface area contributed by atoms with E-state index in [0.717, 1.165) is 58.0 Å². The highest BCUT2D eigenvalue weighted by Crippen LogP contribution is 2.34. The fourth-order valence-electron chi connectivity index (χ4n) is 3.16. The molecule has 2 fully saturated rings. The molecule has 0 aromatic carbocycles. The van der Waals surface area contributed by atoms with Crippen molar-refractivity contribution in [3.63, 3.8) is 0 Å². The van der Waals surface area contributed by atoms with Crippen molar-refractivity contribution in [2.24, 2.45) is 5.41 Å². The third kappa shape index (κ3) is 2.86. The van der Waals surface area contributed by atoms with Gasteiger partial charge in [-0.25, -0.2) is 0 Å². The molecule has 3 N–H and O–H groups in total. The average molecular weight is 254 g/mol. The summed E-state index contributed by atoms with van der Waals surface area (Å²) in [6.45, 7) is 4.36. The second kappa shape index (κ2) is 5.57. The summed E-state index contributed by atoms with van der Waals surface area (Å²) < 4.78 is 0. The van der Waals surface area contributed by atoms with Gasteiger partial charge >= 0.3 is 0 Å². The first-order chi connectivity index (χ1) is 8.60. The van der Waals surface area contributed by atoms with E-state index in [-0.39, 0.29) is 11.3 Å². The maximum Gasteiger partial charge on any atom is 0.227 e. The maximum absolute atomic E-state index is 12.4. The van der Waals surface area contributed by atoms with Gasteiger partial charge in [0, 0.05) is 13.1 Å².